The summed E-state index contributed by atoms with van der Waals surface area (Å²) in [6.07, 6.45) is 0.189. The van der Waals surface area contributed by atoms with Crippen molar-refractivity contribution in [2.75, 3.05) is 19.7 Å². The second kappa shape index (κ2) is 8.09. The fraction of sp³-hybridized carbons (Fsp3) is 0.571. The molecule has 0 aliphatic carbocycles. The Morgan fingerprint density at radius 3 is 2.60 bits per heavy atom. The summed E-state index contributed by atoms with van der Waals surface area (Å²) in [5.74, 6) is 0.0595. The van der Waals surface area contributed by atoms with Gasteiger partial charge in [0, 0.05) is 13.1 Å². The topological polar surface area (TPSA) is 59.8 Å². The van der Waals surface area contributed by atoms with Crippen molar-refractivity contribution >= 4 is 27.8 Å². The molecule has 0 N–H and O–H groups in total. The number of carbonyl (C=O) groups is 2. The van der Waals surface area contributed by atoms with Gasteiger partial charge in [-0.2, -0.15) is 0 Å². The summed E-state index contributed by atoms with van der Waals surface area (Å²) in [5.41, 5.74) is 0. The number of nitrogens with zero attached hydrogens (tertiary/aromatic N) is 1. The van der Waals surface area contributed by atoms with Gasteiger partial charge < -0.3 is 14.1 Å². The van der Waals surface area contributed by atoms with Crippen molar-refractivity contribution < 1.29 is 18.7 Å². The summed E-state index contributed by atoms with van der Waals surface area (Å²) in [6.45, 7) is 7.04. The number of halogens is 1. The van der Waals surface area contributed by atoms with E-state index in [-0.39, 0.29) is 24.1 Å². The first kappa shape index (κ1) is 16.8. The highest BCUT2D eigenvalue weighted by atomic mass is 79.9. The lowest BCUT2D eigenvalue weighted by molar-refractivity contribution is -0.143. The molecule has 6 heteroatoms. The Labute approximate surface area is 127 Å². The molecule has 0 aliphatic heterocycles. The van der Waals surface area contributed by atoms with Crippen molar-refractivity contribution in [3.63, 3.8) is 0 Å². The molecule has 1 aromatic rings. The van der Waals surface area contributed by atoms with Gasteiger partial charge in [-0.1, -0.05) is 13.8 Å². The second-order valence-corrected chi connectivity index (χ2v) is 5.59. The maximum Gasteiger partial charge on any atom is 0.307 e. The summed E-state index contributed by atoms with van der Waals surface area (Å²) < 4.78 is 10.7. The molecule has 0 aromatic carbocycles. The molecule has 0 atom stereocenters. The molecule has 0 aliphatic rings. The Morgan fingerprint density at radius 1 is 1.40 bits per heavy atom. The molecule has 112 valence electrons. The molecule has 0 saturated heterocycles. The van der Waals surface area contributed by atoms with E-state index >= 15 is 0 Å². The van der Waals surface area contributed by atoms with Gasteiger partial charge in [-0.15, -0.1) is 0 Å². The molecule has 20 heavy (non-hydrogen) atoms. The van der Waals surface area contributed by atoms with E-state index in [9.17, 15) is 9.59 Å². The number of esters is 1. The van der Waals surface area contributed by atoms with Crippen molar-refractivity contribution in [1.29, 1.82) is 0 Å². The third-order valence-corrected chi connectivity index (χ3v) is 2.97. The van der Waals surface area contributed by atoms with Crippen LogP contribution in [0.5, 0.6) is 0 Å². The quantitative estimate of drug-likeness (QED) is 0.712. The van der Waals surface area contributed by atoms with E-state index < -0.39 is 0 Å². The van der Waals surface area contributed by atoms with Crippen molar-refractivity contribution in [3.8, 4) is 0 Å². The first-order valence-electron chi connectivity index (χ1n) is 6.64. The summed E-state index contributed by atoms with van der Waals surface area (Å²) in [7, 11) is 0. The van der Waals surface area contributed by atoms with Gasteiger partial charge in [0.05, 0.1) is 13.0 Å². The molecular weight excluding hydrogens is 326 g/mol. The highest BCUT2D eigenvalue weighted by molar-refractivity contribution is 9.10. The van der Waals surface area contributed by atoms with Crippen LogP contribution in [-0.4, -0.2) is 36.5 Å². The zero-order valence-corrected chi connectivity index (χ0v) is 13.6. The smallest absolute Gasteiger partial charge is 0.307 e. The van der Waals surface area contributed by atoms with Crippen LogP contribution in [0.4, 0.5) is 0 Å². The van der Waals surface area contributed by atoms with Gasteiger partial charge in [-0.3, -0.25) is 9.59 Å². The van der Waals surface area contributed by atoms with Crippen molar-refractivity contribution in [1.82, 2.24) is 4.90 Å². The van der Waals surface area contributed by atoms with E-state index in [1.54, 1.807) is 24.0 Å². The summed E-state index contributed by atoms with van der Waals surface area (Å²) in [5, 5.41) is 0. The van der Waals surface area contributed by atoms with Gasteiger partial charge in [-0.25, -0.2) is 0 Å². The Hall–Kier alpha value is -1.30. The summed E-state index contributed by atoms with van der Waals surface area (Å²) >= 11 is 3.17. The molecule has 1 rings (SSSR count). The number of rotatable bonds is 7. The van der Waals surface area contributed by atoms with Crippen LogP contribution in [0.2, 0.25) is 0 Å². The SMILES string of the molecule is CCOC(=O)CCN(CC(C)C)C(=O)c1ccc(Br)o1. The lowest BCUT2D eigenvalue weighted by Gasteiger charge is -2.23. The van der Waals surface area contributed by atoms with Gasteiger partial charge >= 0.3 is 5.97 Å². The molecule has 1 heterocycles. The van der Waals surface area contributed by atoms with Crippen LogP contribution in [0.15, 0.2) is 21.2 Å². The number of ether oxygens (including phenoxy) is 1. The molecule has 0 spiro atoms. The normalized spacial score (nSPS) is 10.7. The highest BCUT2D eigenvalue weighted by Gasteiger charge is 2.21. The van der Waals surface area contributed by atoms with E-state index in [1.807, 2.05) is 13.8 Å². The van der Waals surface area contributed by atoms with E-state index in [0.29, 0.717) is 30.3 Å². The summed E-state index contributed by atoms with van der Waals surface area (Å²) in [6, 6.07) is 3.29. The molecule has 1 aromatic heterocycles. The predicted molar refractivity (Wildman–Crippen MR) is 78.4 cm³/mol. The number of hydrogen-bond acceptors (Lipinski definition) is 4. The molecule has 0 unspecified atom stereocenters. The number of hydrogen-bond donors (Lipinski definition) is 0. The van der Waals surface area contributed by atoms with Crippen LogP contribution in [0, 0.1) is 5.92 Å². The minimum absolute atomic E-state index is 0.189. The average molecular weight is 346 g/mol. The number of amides is 1. The molecule has 1 amide bonds. The van der Waals surface area contributed by atoms with Gasteiger partial charge in [0.2, 0.25) is 0 Å². The Bertz CT molecular complexity index is 456. The van der Waals surface area contributed by atoms with E-state index in [0.717, 1.165) is 0 Å². The van der Waals surface area contributed by atoms with Crippen LogP contribution in [0.3, 0.4) is 0 Å². The lowest BCUT2D eigenvalue weighted by Crippen LogP contribution is -2.36. The monoisotopic (exact) mass is 345 g/mol. The van der Waals surface area contributed by atoms with Crippen LogP contribution < -0.4 is 0 Å². The molecule has 0 radical (unpaired) electrons. The first-order chi connectivity index (χ1) is 9.43. The van der Waals surface area contributed by atoms with Gasteiger partial charge in [0.15, 0.2) is 10.4 Å². The number of furan rings is 1. The maximum atomic E-state index is 12.3. The molecular formula is C14H20BrNO4. The Balaban J connectivity index is 2.68. The van der Waals surface area contributed by atoms with Gasteiger partial charge in [-0.05, 0) is 40.9 Å². The number of carbonyl (C=O) groups excluding carboxylic acids is 2. The molecule has 0 saturated carbocycles. The first-order valence-corrected chi connectivity index (χ1v) is 7.43. The standard InChI is InChI=1S/C14H20BrNO4/c1-4-19-13(17)7-8-16(9-10(2)3)14(18)11-5-6-12(15)20-11/h5-6,10H,4,7-9H2,1-3H3. The van der Waals surface area contributed by atoms with Crippen molar-refractivity contribution in [2.45, 2.75) is 27.2 Å². The molecule has 0 fully saturated rings. The van der Waals surface area contributed by atoms with Crippen LogP contribution >= 0.6 is 15.9 Å². The third-order valence-electron chi connectivity index (χ3n) is 2.55. The minimum atomic E-state index is -0.297. The van der Waals surface area contributed by atoms with Crippen LogP contribution in [-0.2, 0) is 9.53 Å². The highest BCUT2D eigenvalue weighted by Crippen LogP contribution is 2.16. The third kappa shape index (κ3) is 5.36. The van der Waals surface area contributed by atoms with Gasteiger partial charge in [0.1, 0.15) is 0 Å². The van der Waals surface area contributed by atoms with Crippen molar-refractivity contribution in [2.24, 2.45) is 5.92 Å². The molecule has 5 nitrogen and oxygen atoms in total. The van der Waals surface area contributed by atoms with Crippen molar-refractivity contribution in [3.05, 3.63) is 22.6 Å². The van der Waals surface area contributed by atoms with Crippen LogP contribution in [0.25, 0.3) is 0 Å². The second-order valence-electron chi connectivity index (χ2n) is 4.80. The van der Waals surface area contributed by atoms with E-state index in [1.165, 1.54) is 0 Å². The Kier molecular flexibility index (Phi) is 6.78. The zero-order valence-electron chi connectivity index (χ0n) is 12.0. The van der Waals surface area contributed by atoms with Crippen LogP contribution in [0.1, 0.15) is 37.7 Å². The zero-order chi connectivity index (χ0) is 15.1. The van der Waals surface area contributed by atoms with Gasteiger partial charge in [0.25, 0.3) is 5.91 Å². The lowest BCUT2D eigenvalue weighted by atomic mass is 10.2. The molecule has 0 bridgehead atoms. The predicted octanol–water partition coefficient (Wildman–Crippen LogP) is 3.09. The minimum Gasteiger partial charge on any atom is -0.466 e. The largest absolute Gasteiger partial charge is 0.466 e. The van der Waals surface area contributed by atoms with E-state index in [4.69, 9.17) is 9.15 Å². The maximum absolute atomic E-state index is 12.3. The van der Waals surface area contributed by atoms with E-state index in [2.05, 4.69) is 15.9 Å². The average Bonchev–Trinajstić information content (AvgIpc) is 2.80. The fourth-order valence-corrected chi connectivity index (χ4v) is 2.07. The fourth-order valence-electron chi connectivity index (χ4n) is 1.76. The Morgan fingerprint density at radius 2 is 2.10 bits per heavy atom. The summed E-state index contributed by atoms with van der Waals surface area (Å²) in [4.78, 5) is 25.3.